The zero-order valence-electron chi connectivity index (χ0n) is 10.1. The molecule has 0 saturated heterocycles. The van der Waals surface area contributed by atoms with Gasteiger partial charge in [-0.1, -0.05) is 6.07 Å². The molecule has 1 aromatic carbocycles. The lowest BCUT2D eigenvalue weighted by Crippen LogP contribution is -2.27. The maximum absolute atomic E-state index is 13.3. The topological polar surface area (TPSA) is 80.4 Å². The summed E-state index contributed by atoms with van der Waals surface area (Å²) in [5.74, 6) is -1.46. The molecule has 0 aliphatic carbocycles. The first-order valence-corrected chi connectivity index (χ1v) is 5.60. The van der Waals surface area contributed by atoms with E-state index in [9.17, 15) is 14.0 Å². The third kappa shape index (κ3) is 3.13. The lowest BCUT2D eigenvalue weighted by Gasteiger charge is -2.25. The van der Waals surface area contributed by atoms with E-state index in [0.29, 0.717) is 17.4 Å². The Kier molecular flexibility index (Phi) is 4.55. The van der Waals surface area contributed by atoms with Crippen LogP contribution < -0.4 is 5.73 Å². The monoisotopic (exact) mass is 253 g/mol. The number of carbonyl (C=O) groups is 2. The summed E-state index contributed by atoms with van der Waals surface area (Å²) in [5, 5.41) is 8.69. The minimum absolute atomic E-state index is 0.113. The highest BCUT2D eigenvalue weighted by Gasteiger charge is 2.29. The molecule has 0 aliphatic rings. The minimum Gasteiger partial charge on any atom is -0.481 e. The maximum Gasteiger partial charge on any atom is 0.303 e. The summed E-state index contributed by atoms with van der Waals surface area (Å²) >= 11 is 0. The fraction of sp³-hybridized carbons (Fsp3) is 0.385. The third-order valence-electron chi connectivity index (χ3n) is 3.03. The van der Waals surface area contributed by atoms with Crippen molar-refractivity contribution in [1.29, 1.82) is 0 Å². The molecule has 98 valence electrons. The highest BCUT2D eigenvalue weighted by atomic mass is 19.1. The number of carboxylic acid groups (broad SMARTS) is 1. The Hall–Kier alpha value is -1.75. The SMILES string of the molecule is CC(C=O)(CCC(=O)O)c1cc(F)ccc1CN. The van der Waals surface area contributed by atoms with Gasteiger partial charge in [-0.25, -0.2) is 4.39 Å². The van der Waals surface area contributed by atoms with Gasteiger partial charge in [0.25, 0.3) is 0 Å². The van der Waals surface area contributed by atoms with E-state index in [1.54, 1.807) is 6.92 Å². The Morgan fingerprint density at radius 1 is 1.56 bits per heavy atom. The van der Waals surface area contributed by atoms with Gasteiger partial charge in [0.15, 0.2) is 0 Å². The normalized spacial score (nSPS) is 13.9. The van der Waals surface area contributed by atoms with Crippen LogP contribution in [0.4, 0.5) is 4.39 Å². The van der Waals surface area contributed by atoms with Gasteiger partial charge in [0.1, 0.15) is 12.1 Å². The van der Waals surface area contributed by atoms with Gasteiger partial charge in [0.05, 0.1) is 0 Å². The summed E-state index contributed by atoms with van der Waals surface area (Å²) in [6.45, 7) is 1.77. The summed E-state index contributed by atoms with van der Waals surface area (Å²) in [5.41, 5.74) is 5.63. The van der Waals surface area contributed by atoms with Crippen molar-refractivity contribution in [2.45, 2.75) is 31.7 Å². The second-order valence-electron chi connectivity index (χ2n) is 4.43. The molecule has 18 heavy (non-hydrogen) atoms. The Balaban J connectivity index is 3.17. The lowest BCUT2D eigenvalue weighted by atomic mass is 9.77. The van der Waals surface area contributed by atoms with Gasteiger partial charge in [-0.3, -0.25) is 4.79 Å². The van der Waals surface area contributed by atoms with Crippen molar-refractivity contribution in [3.63, 3.8) is 0 Å². The van der Waals surface area contributed by atoms with Crippen LogP contribution in [0.25, 0.3) is 0 Å². The van der Waals surface area contributed by atoms with E-state index in [-0.39, 0.29) is 19.4 Å². The van der Waals surface area contributed by atoms with Crippen LogP contribution >= 0.6 is 0 Å². The molecule has 1 aromatic rings. The summed E-state index contributed by atoms with van der Waals surface area (Å²) in [6, 6.07) is 4.04. The van der Waals surface area contributed by atoms with E-state index in [2.05, 4.69) is 0 Å². The molecule has 1 unspecified atom stereocenters. The number of carboxylic acids is 1. The van der Waals surface area contributed by atoms with Crippen LogP contribution in [-0.4, -0.2) is 17.4 Å². The quantitative estimate of drug-likeness (QED) is 0.755. The molecule has 0 bridgehead atoms. The number of hydrogen-bond acceptors (Lipinski definition) is 3. The summed E-state index contributed by atoms with van der Waals surface area (Å²) in [7, 11) is 0. The summed E-state index contributed by atoms with van der Waals surface area (Å²) < 4.78 is 13.3. The molecule has 5 heteroatoms. The average Bonchev–Trinajstić information content (AvgIpc) is 2.36. The second kappa shape index (κ2) is 5.73. The Morgan fingerprint density at radius 2 is 2.22 bits per heavy atom. The van der Waals surface area contributed by atoms with Crippen molar-refractivity contribution in [2.75, 3.05) is 0 Å². The number of aliphatic carboxylic acids is 1. The highest BCUT2D eigenvalue weighted by molar-refractivity contribution is 5.72. The largest absolute Gasteiger partial charge is 0.481 e. The summed E-state index contributed by atoms with van der Waals surface area (Å²) in [6.07, 6.45) is 0.613. The Bertz CT molecular complexity index is 462. The van der Waals surface area contributed by atoms with Gasteiger partial charge in [-0.2, -0.15) is 0 Å². The molecule has 1 rings (SSSR count). The van der Waals surface area contributed by atoms with Gasteiger partial charge in [-0.05, 0) is 36.6 Å². The molecule has 0 heterocycles. The van der Waals surface area contributed by atoms with Gasteiger partial charge in [0, 0.05) is 18.4 Å². The fourth-order valence-corrected chi connectivity index (χ4v) is 1.88. The molecule has 0 amide bonds. The lowest BCUT2D eigenvalue weighted by molar-refractivity contribution is -0.137. The molecular formula is C13H16FNO3. The number of hydrogen-bond donors (Lipinski definition) is 2. The number of nitrogens with two attached hydrogens (primary N) is 1. The van der Waals surface area contributed by atoms with Crippen molar-refractivity contribution >= 4 is 12.3 Å². The highest BCUT2D eigenvalue weighted by Crippen LogP contribution is 2.30. The van der Waals surface area contributed by atoms with Crippen LogP contribution in [0.3, 0.4) is 0 Å². The van der Waals surface area contributed by atoms with Crippen LogP contribution in [0.2, 0.25) is 0 Å². The number of aldehydes is 1. The van der Waals surface area contributed by atoms with E-state index < -0.39 is 17.2 Å². The van der Waals surface area contributed by atoms with Crippen LogP contribution in [0.15, 0.2) is 18.2 Å². The molecule has 0 aliphatic heterocycles. The molecule has 0 radical (unpaired) electrons. The zero-order valence-corrected chi connectivity index (χ0v) is 10.1. The average molecular weight is 253 g/mol. The fourth-order valence-electron chi connectivity index (χ4n) is 1.88. The first-order chi connectivity index (χ1) is 8.42. The Labute approximate surface area is 105 Å². The number of benzene rings is 1. The number of halogens is 1. The molecule has 1 atom stereocenters. The van der Waals surface area contributed by atoms with Gasteiger partial charge in [-0.15, -0.1) is 0 Å². The van der Waals surface area contributed by atoms with Crippen LogP contribution in [-0.2, 0) is 21.5 Å². The smallest absolute Gasteiger partial charge is 0.303 e. The van der Waals surface area contributed by atoms with Gasteiger partial charge < -0.3 is 15.6 Å². The van der Waals surface area contributed by atoms with Crippen LogP contribution in [0.5, 0.6) is 0 Å². The summed E-state index contributed by atoms with van der Waals surface area (Å²) in [4.78, 5) is 21.9. The van der Waals surface area contributed by atoms with Crippen molar-refractivity contribution in [1.82, 2.24) is 0 Å². The van der Waals surface area contributed by atoms with E-state index in [0.717, 1.165) is 0 Å². The molecule has 0 fully saturated rings. The first-order valence-electron chi connectivity index (χ1n) is 5.60. The minimum atomic E-state index is -1.03. The molecule has 0 aromatic heterocycles. The second-order valence-corrected chi connectivity index (χ2v) is 4.43. The Morgan fingerprint density at radius 3 is 2.72 bits per heavy atom. The maximum atomic E-state index is 13.3. The standard InChI is InChI=1S/C13H16FNO3/c1-13(8-16,5-4-12(17)18)11-6-10(14)3-2-9(11)7-15/h2-3,6,8H,4-5,7,15H2,1H3,(H,17,18). The van der Waals surface area contributed by atoms with E-state index >= 15 is 0 Å². The first kappa shape index (κ1) is 14.3. The predicted molar refractivity (Wildman–Crippen MR) is 64.6 cm³/mol. The molecule has 4 nitrogen and oxygen atoms in total. The van der Waals surface area contributed by atoms with Crippen molar-refractivity contribution in [3.8, 4) is 0 Å². The predicted octanol–water partition coefficient (Wildman–Crippen LogP) is 1.61. The van der Waals surface area contributed by atoms with E-state index in [4.69, 9.17) is 10.8 Å². The van der Waals surface area contributed by atoms with E-state index in [1.165, 1.54) is 18.2 Å². The third-order valence-corrected chi connectivity index (χ3v) is 3.03. The van der Waals surface area contributed by atoms with Gasteiger partial charge >= 0.3 is 5.97 Å². The molecule has 3 N–H and O–H groups in total. The number of carbonyl (C=O) groups excluding carboxylic acids is 1. The zero-order chi connectivity index (χ0) is 13.8. The van der Waals surface area contributed by atoms with Crippen molar-refractivity contribution in [3.05, 3.63) is 35.1 Å². The van der Waals surface area contributed by atoms with Crippen molar-refractivity contribution in [2.24, 2.45) is 5.73 Å². The van der Waals surface area contributed by atoms with E-state index in [1.807, 2.05) is 0 Å². The van der Waals surface area contributed by atoms with Gasteiger partial charge in [0.2, 0.25) is 0 Å². The number of rotatable bonds is 6. The molecule has 0 spiro atoms. The van der Waals surface area contributed by atoms with Crippen LogP contribution in [0, 0.1) is 5.82 Å². The van der Waals surface area contributed by atoms with Crippen molar-refractivity contribution < 1.29 is 19.1 Å². The van der Waals surface area contributed by atoms with Crippen LogP contribution in [0.1, 0.15) is 30.9 Å². The molecular weight excluding hydrogens is 237 g/mol. The molecule has 0 saturated carbocycles.